The van der Waals surface area contributed by atoms with Gasteiger partial charge in [-0.05, 0) is 45.0 Å². The van der Waals surface area contributed by atoms with E-state index in [0.717, 1.165) is 18.8 Å². The Morgan fingerprint density at radius 1 is 1.28 bits per heavy atom. The molecule has 18 heavy (non-hydrogen) atoms. The van der Waals surface area contributed by atoms with Crippen LogP contribution in [-0.2, 0) is 0 Å². The third-order valence-electron chi connectivity index (χ3n) is 2.82. The maximum atomic E-state index is 11.7. The fourth-order valence-corrected chi connectivity index (χ4v) is 1.75. The third-order valence-corrected chi connectivity index (χ3v) is 2.82. The van der Waals surface area contributed by atoms with E-state index >= 15 is 0 Å². The molecule has 1 aromatic carbocycles. The minimum Gasteiger partial charge on any atom is -0.392 e. The maximum Gasteiger partial charge on any atom is 0.251 e. The van der Waals surface area contributed by atoms with Crippen LogP contribution in [0.25, 0.3) is 0 Å². The van der Waals surface area contributed by atoms with E-state index in [1.54, 1.807) is 6.92 Å². The zero-order valence-corrected chi connectivity index (χ0v) is 11.3. The third kappa shape index (κ3) is 4.04. The molecule has 0 aromatic heterocycles. The summed E-state index contributed by atoms with van der Waals surface area (Å²) in [6.07, 6.45) is -0.524. The lowest BCUT2D eigenvalue weighted by molar-refractivity contribution is 0.0924. The van der Waals surface area contributed by atoms with Crippen LogP contribution in [-0.4, -0.2) is 36.8 Å². The Balaban J connectivity index is 2.67. The Labute approximate surface area is 109 Å². The number of nitrogens with one attached hydrogen (secondary N) is 1. The van der Waals surface area contributed by atoms with Crippen molar-refractivity contribution < 1.29 is 9.90 Å². The average Bonchev–Trinajstić information content (AvgIpc) is 2.38. The molecule has 1 amide bonds. The number of benzene rings is 1. The SMILES string of the molecule is CCN(CC)c1ccc(C(=O)NC[C@H](C)O)cc1. The lowest BCUT2D eigenvalue weighted by atomic mass is 10.2. The molecule has 0 aliphatic carbocycles. The molecule has 4 nitrogen and oxygen atoms in total. The van der Waals surface area contributed by atoms with Crippen molar-refractivity contribution >= 4 is 11.6 Å². The van der Waals surface area contributed by atoms with E-state index in [-0.39, 0.29) is 12.5 Å². The van der Waals surface area contributed by atoms with E-state index in [0.29, 0.717) is 5.56 Å². The fourth-order valence-electron chi connectivity index (χ4n) is 1.75. The second-order valence-electron chi connectivity index (χ2n) is 4.28. The van der Waals surface area contributed by atoms with Gasteiger partial charge in [0.1, 0.15) is 0 Å². The van der Waals surface area contributed by atoms with Crippen molar-refractivity contribution in [3.05, 3.63) is 29.8 Å². The highest BCUT2D eigenvalue weighted by Crippen LogP contribution is 2.14. The van der Waals surface area contributed by atoms with Gasteiger partial charge < -0.3 is 15.3 Å². The predicted octanol–water partition coefficient (Wildman–Crippen LogP) is 1.64. The number of carbonyl (C=O) groups is 1. The highest BCUT2D eigenvalue weighted by molar-refractivity contribution is 5.94. The number of nitrogens with zero attached hydrogens (tertiary/aromatic N) is 1. The first-order chi connectivity index (χ1) is 8.58. The van der Waals surface area contributed by atoms with Crippen LogP contribution in [0.1, 0.15) is 31.1 Å². The van der Waals surface area contributed by atoms with Crippen LogP contribution in [0.15, 0.2) is 24.3 Å². The van der Waals surface area contributed by atoms with E-state index in [1.165, 1.54) is 0 Å². The summed E-state index contributed by atoms with van der Waals surface area (Å²) in [6, 6.07) is 7.52. The molecule has 1 rings (SSSR count). The molecule has 0 fully saturated rings. The number of amides is 1. The molecular weight excluding hydrogens is 228 g/mol. The van der Waals surface area contributed by atoms with Crippen LogP contribution in [0, 0.1) is 0 Å². The standard InChI is InChI=1S/C14H22N2O2/c1-4-16(5-2)13-8-6-12(7-9-13)14(18)15-10-11(3)17/h6-9,11,17H,4-5,10H2,1-3H3,(H,15,18)/t11-/m0/s1. The summed E-state index contributed by atoms with van der Waals surface area (Å²) in [5.74, 6) is -0.151. The van der Waals surface area contributed by atoms with Gasteiger partial charge in [-0.3, -0.25) is 4.79 Å². The number of aliphatic hydroxyl groups is 1. The number of hydrogen-bond acceptors (Lipinski definition) is 3. The topological polar surface area (TPSA) is 52.6 Å². The first-order valence-electron chi connectivity index (χ1n) is 6.39. The normalized spacial score (nSPS) is 12.0. The van der Waals surface area contributed by atoms with Gasteiger partial charge in [-0.15, -0.1) is 0 Å². The molecule has 0 heterocycles. The molecule has 0 saturated carbocycles. The van der Waals surface area contributed by atoms with Gasteiger partial charge in [0, 0.05) is 30.9 Å². The molecule has 2 N–H and O–H groups in total. The van der Waals surface area contributed by atoms with E-state index < -0.39 is 6.10 Å². The van der Waals surface area contributed by atoms with Crippen molar-refractivity contribution in [2.45, 2.75) is 26.9 Å². The van der Waals surface area contributed by atoms with Crippen molar-refractivity contribution in [2.24, 2.45) is 0 Å². The van der Waals surface area contributed by atoms with E-state index in [4.69, 9.17) is 5.11 Å². The number of carbonyl (C=O) groups excluding carboxylic acids is 1. The summed E-state index contributed by atoms with van der Waals surface area (Å²) in [5, 5.41) is 11.8. The number of hydrogen-bond donors (Lipinski definition) is 2. The summed E-state index contributed by atoms with van der Waals surface area (Å²) in [7, 11) is 0. The molecule has 0 unspecified atom stereocenters. The van der Waals surface area contributed by atoms with E-state index in [9.17, 15) is 4.79 Å². The van der Waals surface area contributed by atoms with Gasteiger partial charge in [0.2, 0.25) is 0 Å². The lowest BCUT2D eigenvalue weighted by Crippen LogP contribution is -2.30. The Hall–Kier alpha value is -1.55. The van der Waals surface area contributed by atoms with Crippen molar-refractivity contribution in [1.82, 2.24) is 5.32 Å². The number of aliphatic hydroxyl groups excluding tert-OH is 1. The Kier molecular flexibility index (Phi) is 5.65. The van der Waals surface area contributed by atoms with Gasteiger partial charge in [-0.25, -0.2) is 0 Å². The summed E-state index contributed by atoms with van der Waals surface area (Å²) < 4.78 is 0. The van der Waals surface area contributed by atoms with Crippen molar-refractivity contribution in [2.75, 3.05) is 24.5 Å². The zero-order valence-electron chi connectivity index (χ0n) is 11.3. The molecule has 4 heteroatoms. The van der Waals surface area contributed by atoms with Gasteiger partial charge in [0.05, 0.1) is 6.10 Å². The van der Waals surface area contributed by atoms with Crippen molar-refractivity contribution in [1.29, 1.82) is 0 Å². The molecule has 0 aliphatic heterocycles. The quantitative estimate of drug-likeness (QED) is 0.807. The molecular formula is C14H22N2O2. The second kappa shape index (κ2) is 7.01. The van der Waals surface area contributed by atoms with E-state index in [1.807, 2.05) is 24.3 Å². The van der Waals surface area contributed by atoms with Crippen LogP contribution in [0.3, 0.4) is 0 Å². The lowest BCUT2D eigenvalue weighted by Gasteiger charge is -2.21. The number of rotatable bonds is 6. The first kappa shape index (κ1) is 14.5. The zero-order chi connectivity index (χ0) is 13.5. The summed E-state index contributed by atoms with van der Waals surface area (Å²) in [4.78, 5) is 14.0. The van der Waals surface area contributed by atoms with Crippen LogP contribution >= 0.6 is 0 Å². The van der Waals surface area contributed by atoms with Gasteiger partial charge in [-0.1, -0.05) is 0 Å². The highest BCUT2D eigenvalue weighted by atomic mass is 16.3. The monoisotopic (exact) mass is 250 g/mol. The summed E-state index contributed by atoms with van der Waals surface area (Å²) >= 11 is 0. The Bertz CT molecular complexity index is 370. The van der Waals surface area contributed by atoms with Crippen molar-refractivity contribution in [3.8, 4) is 0 Å². The number of anilines is 1. The average molecular weight is 250 g/mol. The molecule has 0 saturated heterocycles. The van der Waals surface area contributed by atoms with Crippen LogP contribution in [0.4, 0.5) is 5.69 Å². The van der Waals surface area contributed by atoms with Gasteiger partial charge in [0.15, 0.2) is 0 Å². The molecule has 0 aliphatic rings. The Morgan fingerprint density at radius 2 is 1.83 bits per heavy atom. The first-order valence-corrected chi connectivity index (χ1v) is 6.39. The smallest absolute Gasteiger partial charge is 0.251 e. The van der Waals surface area contributed by atoms with Crippen LogP contribution in [0.5, 0.6) is 0 Å². The van der Waals surface area contributed by atoms with Gasteiger partial charge in [-0.2, -0.15) is 0 Å². The summed E-state index contributed by atoms with van der Waals surface area (Å²) in [6.45, 7) is 8.02. The molecule has 1 aromatic rings. The highest BCUT2D eigenvalue weighted by Gasteiger charge is 2.07. The fraction of sp³-hybridized carbons (Fsp3) is 0.500. The largest absolute Gasteiger partial charge is 0.392 e. The van der Waals surface area contributed by atoms with E-state index in [2.05, 4.69) is 24.1 Å². The van der Waals surface area contributed by atoms with Gasteiger partial charge >= 0.3 is 0 Å². The molecule has 100 valence electrons. The molecule has 0 spiro atoms. The second-order valence-corrected chi connectivity index (χ2v) is 4.28. The van der Waals surface area contributed by atoms with Crippen molar-refractivity contribution in [3.63, 3.8) is 0 Å². The summed E-state index contributed by atoms with van der Waals surface area (Å²) in [5.41, 5.74) is 1.73. The van der Waals surface area contributed by atoms with Crippen LogP contribution in [0.2, 0.25) is 0 Å². The Morgan fingerprint density at radius 3 is 2.28 bits per heavy atom. The van der Waals surface area contributed by atoms with Crippen LogP contribution < -0.4 is 10.2 Å². The maximum absolute atomic E-state index is 11.7. The minimum atomic E-state index is -0.524. The predicted molar refractivity (Wildman–Crippen MR) is 74.0 cm³/mol. The van der Waals surface area contributed by atoms with Gasteiger partial charge in [0.25, 0.3) is 5.91 Å². The molecule has 0 radical (unpaired) electrons. The molecule has 0 bridgehead atoms. The molecule has 1 atom stereocenters. The minimum absolute atomic E-state index is 0.151.